The lowest BCUT2D eigenvalue weighted by atomic mass is 9.96. The van der Waals surface area contributed by atoms with E-state index in [2.05, 4.69) is 104 Å². The van der Waals surface area contributed by atoms with Crippen LogP contribution in [0.4, 0.5) is 0 Å². The minimum absolute atomic E-state index is 0.879. The summed E-state index contributed by atoms with van der Waals surface area (Å²) in [5.41, 5.74) is 7.39. The molecule has 2 heteroatoms. The van der Waals surface area contributed by atoms with Gasteiger partial charge in [-0.25, -0.2) is 4.98 Å². The largest absolute Gasteiger partial charge is 0.254 e. The van der Waals surface area contributed by atoms with Crippen molar-refractivity contribution in [1.82, 2.24) is 9.97 Å². The van der Waals surface area contributed by atoms with Gasteiger partial charge in [0, 0.05) is 17.1 Å². The molecular formula is C31H22N2. The molecule has 0 N–H and O–H groups in total. The highest BCUT2D eigenvalue weighted by molar-refractivity contribution is 5.90. The van der Waals surface area contributed by atoms with Gasteiger partial charge >= 0.3 is 0 Å². The molecule has 0 aliphatic heterocycles. The third-order valence-corrected chi connectivity index (χ3v) is 6.19. The van der Waals surface area contributed by atoms with Crippen LogP contribution in [0.5, 0.6) is 0 Å². The van der Waals surface area contributed by atoms with Gasteiger partial charge in [0.25, 0.3) is 0 Å². The van der Waals surface area contributed by atoms with Crippen molar-refractivity contribution in [2.75, 3.05) is 0 Å². The Balaban J connectivity index is 1.59. The van der Waals surface area contributed by atoms with Gasteiger partial charge in [-0.1, -0.05) is 84.9 Å². The van der Waals surface area contributed by atoms with Crippen LogP contribution in [0.15, 0.2) is 115 Å². The van der Waals surface area contributed by atoms with E-state index in [4.69, 9.17) is 9.97 Å². The first-order valence-corrected chi connectivity index (χ1v) is 11.2. The van der Waals surface area contributed by atoms with Crippen LogP contribution in [-0.4, -0.2) is 9.97 Å². The molecule has 4 aromatic carbocycles. The van der Waals surface area contributed by atoms with E-state index in [1.165, 1.54) is 21.9 Å². The SMILES string of the molecule is Cc1cc2ccccc2cc1-c1cc(-c2ccccc2)cc(-c2cc3ccccc3cn2)n1. The average Bonchev–Trinajstić information content (AvgIpc) is 2.88. The van der Waals surface area contributed by atoms with Gasteiger partial charge in [0.1, 0.15) is 0 Å². The normalized spacial score (nSPS) is 11.2. The van der Waals surface area contributed by atoms with Crippen LogP contribution in [0, 0.1) is 6.92 Å². The van der Waals surface area contributed by atoms with Gasteiger partial charge in [-0.05, 0) is 64.0 Å². The van der Waals surface area contributed by atoms with E-state index in [-0.39, 0.29) is 0 Å². The minimum Gasteiger partial charge on any atom is -0.254 e. The standard InChI is InChI=1S/C31H22N2/c1-21-15-23-11-5-6-12-24(23)16-28(21)29-18-27(22-9-3-2-4-10-22)19-31(33-29)30-17-25-13-7-8-14-26(25)20-32-30/h2-20H,1H3. The third kappa shape index (κ3) is 3.66. The van der Waals surface area contributed by atoms with Crippen molar-refractivity contribution in [1.29, 1.82) is 0 Å². The maximum Gasteiger partial charge on any atom is 0.0900 e. The van der Waals surface area contributed by atoms with E-state index in [1.54, 1.807) is 0 Å². The molecule has 0 amide bonds. The van der Waals surface area contributed by atoms with Crippen molar-refractivity contribution in [3.63, 3.8) is 0 Å². The van der Waals surface area contributed by atoms with Gasteiger partial charge in [0.15, 0.2) is 0 Å². The highest BCUT2D eigenvalue weighted by Gasteiger charge is 2.12. The van der Waals surface area contributed by atoms with Crippen LogP contribution in [0.25, 0.3) is 55.3 Å². The highest BCUT2D eigenvalue weighted by atomic mass is 14.8. The summed E-state index contributed by atoms with van der Waals surface area (Å²) in [7, 11) is 0. The van der Waals surface area contributed by atoms with Crippen LogP contribution in [-0.2, 0) is 0 Å². The zero-order chi connectivity index (χ0) is 22.2. The summed E-state index contributed by atoms with van der Waals surface area (Å²) in [4.78, 5) is 9.87. The maximum absolute atomic E-state index is 5.11. The van der Waals surface area contributed by atoms with E-state index in [0.29, 0.717) is 0 Å². The molecule has 0 aliphatic carbocycles. The van der Waals surface area contributed by atoms with Gasteiger partial charge in [0.2, 0.25) is 0 Å². The van der Waals surface area contributed by atoms with Crippen LogP contribution < -0.4 is 0 Å². The fraction of sp³-hybridized carbons (Fsp3) is 0.0323. The number of aryl methyl sites for hydroxylation is 1. The summed E-state index contributed by atoms with van der Waals surface area (Å²) in [6.07, 6.45) is 1.93. The van der Waals surface area contributed by atoms with E-state index >= 15 is 0 Å². The number of pyridine rings is 2. The lowest BCUT2D eigenvalue weighted by Gasteiger charge is -2.13. The Morgan fingerprint density at radius 3 is 1.85 bits per heavy atom. The molecule has 0 saturated heterocycles. The molecule has 2 nitrogen and oxygen atoms in total. The van der Waals surface area contributed by atoms with E-state index < -0.39 is 0 Å². The molecule has 156 valence electrons. The topological polar surface area (TPSA) is 25.8 Å². The first kappa shape index (κ1) is 19.4. The van der Waals surface area contributed by atoms with Crippen molar-refractivity contribution in [2.45, 2.75) is 6.92 Å². The fourth-order valence-electron chi connectivity index (χ4n) is 4.45. The second-order valence-corrected chi connectivity index (χ2v) is 8.42. The molecule has 0 spiro atoms. The molecule has 33 heavy (non-hydrogen) atoms. The molecule has 6 aromatic rings. The van der Waals surface area contributed by atoms with Crippen LogP contribution in [0.2, 0.25) is 0 Å². The molecule has 2 heterocycles. The molecule has 0 atom stereocenters. The number of nitrogens with zero attached hydrogens (tertiary/aromatic N) is 2. The summed E-state index contributed by atoms with van der Waals surface area (Å²) in [6, 6.07) is 38.2. The molecule has 0 unspecified atom stereocenters. The van der Waals surface area contributed by atoms with Gasteiger partial charge in [0.05, 0.1) is 17.1 Å². The molecule has 2 aromatic heterocycles. The van der Waals surface area contributed by atoms with E-state index in [9.17, 15) is 0 Å². The van der Waals surface area contributed by atoms with E-state index in [0.717, 1.165) is 39.0 Å². The number of hydrogen-bond donors (Lipinski definition) is 0. The number of fused-ring (bicyclic) bond motifs is 2. The lowest BCUT2D eigenvalue weighted by Crippen LogP contribution is -1.95. The minimum atomic E-state index is 0.879. The molecule has 0 saturated carbocycles. The molecular weight excluding hydrogens is 400 g/mol. The quantitative estimate of drug-likeness (QED) is 0.288. The van der Waals surface area contributed by atoms with Gasteiger partial charge in [-0.3, -0.25) is 4.98 Å². The van der Waals surface area contributed by atoms with Gasteiger partial charge in [-0.15, -0.1) is 0 Å². The Hall–Kier alpha value is -4.30. The lowest BCUT2D eigenvalue weighted by molar-refractivity contribution is 1.26. The second-order valence-electron chi connectivity index (χ2n) is 8.42. The van der Waals surface area contributed by atoms with Gasteiger partial charge in [-0.2, -0.15) is 0 Å². The number of hydrogen-bond acceptors (Lipinski definition) is 2. The van der Waals surface area contributed by atoms with Crippen LogP contribution >= 0.6 is 0 Å². The Morgan fingerprint density at radius 2 is 1.09 bits per heavy atom. The Kier molecular flexibility index (Phi) is 4.70. The molecule has 0 radical (unpaired) electrons. The van der Waals surface area contributed by atoms with E-state index in [1.807, 2.05) is 18.3 Å². The number of benzene rings is 4. The first-order valence-electron chi connectivity index (χ1n) is 11.2. The second kappa shape index (κ2) is 7.99. The summed E-state index contributed by atoms with van der Waals surface area (Å²) < 4.78 is 0. The molecule has 0 aliphatic rings. The molecule has 0 fully saturated rings. The average molecular weight is 423 g/mol. The third-order valence-electron chi connectivity index (χ3n) is 6.19. The Bertz CT molecular complexity index is 1620. The smallest absolute Gasteiger partial charge is 0.0900 e. The van der Waals surface area contributed by atoms with Crippen molar-refractivity contribution >= 4 is 21.5 Å². The van der Waals surface area contributed by atoms with Crippen molar-refractivity contribution in [3.8, 4) is 33.8 Å². The highest BCUT2D eigenvalue weighted by Crippen LogP contribution is 2.33. The first-order chi connectivity index (χ1) is 16.2. The fourth-order valence-corrected chi connectivity index (χ4v) is 4.45. The van der Waals surface area contributed by atoms with Gasteiger partial charge < -0.3 is 0 Å². The summed E-state index contributed by atoms with van der Waals surface area (Å²) in [5, 5.41) is 4.76. The number of rotatable bonds is 3. The predicted molar refractivity (Wildman–Crippen MR) is 138 cm³/mol. The summed E-state index contributed by atoms with van der Waals surface area (Å²) in [5.74, 6) is 0. The van der Waals surface area contributed by atoms with Crippen molar-refractivity contribution in [2.24, 2.45) is 0 Å². The summed E-state index contributed by atoms with van der Waals surface area (Å²) in [6.45, 7) is 2.16. The Labute approximate surface area is 193 Å². The number of aromatic nitrogens is 2. The monoisotopic (exact) mass is 422 g/mol. The Morgan fingerprint density at radius 1 is 0.485 bits per heavy atom. The zero-order valence-electron chi connectivity index (χ0n) is 18.4. The zero-order valence-corrected chi connectivity index (χ0v) is 18.4. The molecule has 6 rings (SSSR count). The predicted octanol–water partition coefficient (Wildman–Crippen LogP) is 8.09. The molecule has 0 bridgehead atoms. The van der Waals surface area contributed by atoms with Crippen LogP contribution in [0.1, 0.15) is 5.56 Å². The van der Waals surface area contributed by atoms with Crippen molar-refractivity contribution in [3.05, 3.63) is 121 Å². The maximum atomic E-state index is 5.11. The van der Waals surface area contributed by atoms with Crippen molar-refractivity contribution < 1.29 is 0 Å². The van der Waals surface area contributed by atoms with Crippen LogP contribution in [0.3, 0.4) is 0 Å². The summed E-state index contributed by atoms with van der Waals surface area (Å²) >= 11 is 0.